The summed E-state index contributed by atoms with van der Waals surface area (Å²) in [6.45, 7) is 6.62. The van der Waals surface area contributed by atoms with Crippen molar-refractivity contribution < 1.29 is 0 Å². The molecule has 2 rings (SSSR count). The minimum Gasteiger partial charge on any atom is -0.312 e. The van der Waals surface area contributed by atoms with E-state index in [2.05, 4.69) is 29.5 Å². The van der Waals surface area contributed by atoms with E-state index in [4.69, 9.17) is 0 Å². The third-order valence-electron chi connectivity index (χ3n) is 3.90. The molecule has 0 spiro atoms. The van der Waals surface area contributed by atoms with Crippen molar-refractivity contribution in [1.29, 1.82) is 0 Å². The van der Waals surface area contributed by atoms with Crippen LogP contribution in [0.4, 0.5) is 0 Å². The molecular formula is C13H24N4. The summed E-state index contributed by atoms with van der Waals surface area (Å²) in [6, 6.07) is 0.708. The van der Waals surface area contributed by atoms with Gasteiger partial charge in [-0.1, -0.05) is 31.9 Å². The summed E-state index contributed by atoms with van der Waals surface area (Å²) >= 11 is 0. The molecule has 0 bridgehead atoms. The Kier molecular flexibility index (Phi) is 4.54. The molecule has 1 aromatic heterocycles. The zero-order valence-corrected chi connectivity index (χ0v) is 11.0. The van der Waals surface area contributed by atoms with Crippen LogP contribution in [0.15, 0.2) is 12.4 Å². The Morgan fingerprint density at radius 2 is 2.29 bits per heavy atom. The summed E-state index contributed by atoms with van der Waals surface area (Å²) in [5, 5.41) is 11.4. The largest absolute Gasteiger partial charge is 0.312 e. The van der Waals surface area contributed by atoms with Gasteiger partial charge in [0, 0.05) is 18.8 Å². The normalized spacial score (nSPS) is 25.4. The minimum absolute atomic E-state index is 0.708. The van der Waals surface area contributed by atoms with Gasteiger partial charge >= 0.3 is 0 Å². The van der Waals surface area contributed by atoms with E-state index >= 15 is 0 Å². The summed E-state index contributed by atoms with van der Waals surface area (Å²) in [6.07, 6.45) is 9.12. The van der Waals surface area contributed by atoms with Gasteiger partial charge in [0.15, 0.2) is 0 Å². The second kappa shape index (κ2) is 6.15. The summed E-state index contributed by atoms with van der Waals surface area (Å²) < 4.78 is 1.88. The fraction of sp³-hybridized carbons (Fsp3) is 0.846. The molecule has 1 N–H and O–H groups in total. The summed E-state index contributed by atoms with van der Waals surface area (Å²) in [7, 11) is 0. The van der Waals surface area contributed by atoms with Crippen molar-refractivity contribution in [2.24, 2.45) is 11.8 Å². The second-order valence-corrected chi connectivity index (χ2v) is 5.49. The number of aromatic nitrogens is 3. The van der Waals surface area contributed by atoms with Gasteiger partial charge in [-0.3, -0.25) is 4.68 Å². The lowest BCUT2D eigenvalue weighted by Gasteiger charge is -2.32. The van der Waals surface area contributed by atoms with Gasteiger partial charge in [0.25, 0.3) is 0 Å². The van der Waals surface area contributed by atoms with Gasteiger partial charge in [0.1, 0.15) is 0 Å². The first-order valence-electron chi connectivity index (χ1n) is 6.83. The van der Waals surface area contributed by atoms with Crippen molar-refractivity contribution >= 4 is 0 Å². The zero-order valence-electron chi connectivity index (χ0n) is 11.0. The topological polar surface area (TPSA) is 42.7 Å². The van der Waals surface area contributed by atoms with Crippen LogP contribution in [0.1, 0.15) is 39.5 Å². The molecule has 1 fully saturated rings. The SMILES string of the molecule is CC(C)C1CCCC(NCCn2ccnn2)C1. The van der Waals surface area contributed by atoms with E-state index in [1.807, 2.05) is 10.9 Å². The van der Waals surface area contributed by atoms with Crippen LogP contribution in [-0.4, -0.2) is 27.6 Å². The van der Waals surface area contributed by atoms with Gasteiger partial charge in [-0.25, -0.2) is 0 Å². The maximum Gasteiger partial charge on any atom is 0.0692 e. The van der Waals surface area contributed by atoms with E-state index in [0.29, 0.717) is 6.04 Å². The highest BCUT2D eigenvalue weighted by Crippen LogP contribution is 2.29. The highest BCUT2D eigenvalue weighted by Gasteiger charge is 2.23. The number of hydrogen-bond donors (Lipinski definition) is 1. The van der Waals surface area contributed by atoms with E-state index in [0.717, 1.165) is 24.9 Å². The van der Waals surface area contributed by atoms with Crippen molar-refractivity contribution in [3.63, 3.8) is 0 Å². The van der Waals surface area contributed by atoms with Gasteiger partial charge in [0.05, 0.1) is 12.7 Å². The fourth-order valence-corrected chi connectivity index (χ4v) is 2.75. The molecule has 1 aliphatic rings. The zero-order chi connectivity index (χ0) is 12.1. The standard InChI is InChI=1S/C13H24N4/c1-11(2)12-4-3-5-13(10-12)14-6-8-17-9-7-15-16-17/h7,9,11-14H,3-6,8,10H2,1-2H3. The number of nitrogens with one attached hydrogen (secondary N) is 1. The number of hydrogen-bond acceptors (Lipinski definition) is 3. The molecular weight excluding hydrogens is 212 g/mol. The second-order valence-electron chi connectivity index (χ2n) is 5.49. The van der Waals surface area contributed by atoms with E-state index in [1.165, 1.54) is 25.7 Å². The van der Waals surface area contributed by atoms with Gasteiger partial charge in [-0.15, -0.1) is 5.10 Å². The van der Waals surface area contributed by atoms with Crippen LogP contribution in [0, 0.1) is 11.8 Å². The average molecular weight is 236 g/mol. The van der Waals surface area contributed by atoms with Gasteiger partial charge in [0.2, 0.25) is 0 Å². The predicted molar refractivity (Wildman–Crippen MR) is 68.6 cm³/mol. The van der Waals surface area contributed by atoms with Crippen molar-refractivity contribution in [1.82, 2.24) is 20.3 Å². The molecule has 1 saturated carbocycles. The van der Waals surface area contributed by atoms with E-state index in [1.54, 1.807) is 6.20 Å². The van der Waals surface area contributed by atoms with E-state index < -0.39 is 0 Å². The molecule has 1 heterocycles. The first-order chi connectivity index (χ1) is 8.25. The predicted octanol–water partition coefficient (Wildman–Crippen LogP) is 2.08. The van der Waals surface area contributed by atoms with E-state index in [-0.39, 0.29) is 0 Å². The van der Waals surface area contributed by atoms with Crippen molar-refractivity contribution in [3.05, 3.63) is 12.4 Å². The molecule has 0 saturated heterocycles. The molecule has 2 atom stereocenters. The third-order valence-corrected chi connectivity index (χ3v) is 3.90. The van der Waals surface area contributed by atoms with Crippen LogP contribution in [0.2, 0.25) is 0 Å². The first kappa shape index (κ1) is 12.6. The summed E-state index contributed by atoms with van der Waals surface area (Å²) in [5.74, 6) is 1.74. The van der Waals surface area contributed by atoms with Crippen LogP contribution < -0.4 is 5.32 Å². The minimum atomic E-state index is 0.708. The highest BCUT2D eigenvalue weighted by molar-refractivity contribution is 4.79. The Bertz CT molecular complexity index is 307. The Balaban J connectivity index is 1.68. The Morgan fingerprint density at radius 1 is 1.41 bits per heavy atom. The Hall–Kier alpha value is -0.900. The molecule has 1 aliphatic carbocycles. The lowest BCUT2D eigenvalue weighted by Crippen LogP contribution is -2.37. The maximum atomic E-state index is 3.97. The maximum absolute atomic E-state index is 3.97. The highest BCUT2D eigenvalue weighted by atomic mass is 15.4. The van der Waals surface area contributed by atoms with Crippen LogP contribution >= 0.6 is 0 Å². The number of rotatable bonds is 5. The molecule has 2 unspecified atom stereocenters. The monoisotopic (exact) mass is 236 g/mol. The number of nitrogens with zero attached hydrogens (tertiary/aromatic N) is 3. The first-order valence-corrected chi connectivity index (χ1v) is 6.83. The summed E-state index contributed by atoms with van der Waals surface area (Å²) in [4.78, 5) is 0. The lowest BCUT2D eigenvalue weighted by atomic mass is 9.79. The van der Waals surface area contributed by atoms with Crippen molar-refractivity contribution in [2.45, 2.75) is 52.1 Å². The Labute approximate surface area is 104 Å². The Morgan fingerprint density at radius 3 is 3.00 bits per heavy atom. The van der Waals surface area contributed by atoms with Gasteiger partial charge in [-0.05, 0) is 24.7 Å². The van der Waals surface area contributed by atoms with Crippen LogP contribution in [-0.2, 0) is 6.54 Å². The van der Waals surface area contributed by atoms with E-state index in [9.17, 15) is 0 Å². The summed E-state index contributed by atoms with van der Waals surface area (Å²) in [5.41, 5.74) is 0. The van der Waals surface area contributed by atoms with Crippen molar-refractivity contribution in [2.75, 3.05) is 6.54 Å². The van der Waals surface area contributed by atoms with Crippen LogP contribution in [0.5, 0.6) is 0 Å². The third kappa shape index (κ3) is 3.80. The molecule has 4 nitrogen and oxygen atoms in total. The molecule has 17 heavy (non-hydrogen) atoms. The van der Waals surface area contributed by atoms with Crippen molar-refractivity contribution in [3.8, 4) is 0 Å². The quantitative estimate of drug-likeness (QED) is 0.851. The fourth-order valence-electron chi connectivity index (χ4n) is 2.75. The van der Waals surface area contributed by atoms with Crippen LogP contribution in [0.25, 0.3) is 0 Å². The van der Waals surface area contributed by atoms with Crippen LogP contribution in [0.3, 0.4) is 0 Å². The molecule has 96 valence electrons. The van der Waals surface area contributed by atoms with Gasteiger partial charge < -0.3 is 5.32 Å². The van der Waals surface area contributed by atoms with Gasteiger partial charge in [-0.2, -0.15) is 0 Å². The molecule has 1 aromatic rings. The smallest absolute Gasteiger partial charge is 0.0692 e. The molecule has 0 aliphatic heterocycles. The lowest BCUT2D eigenvalue weighted by molar-refractivity contribution is 0.230. The molecule has 4 heteroatoms. The molecule has 0 aromatic carbocycles. The average Bonchev–Trinajstić information content (AvgIpc) is 2.82. The molecule has 0 radical (unpaired) electrons. The molecule has 0 amide bonds.